The summed E-state index contributed by atoms with van der Waals surface area (Å²) >= 11 is 0. The minimum atomic E-state index is -0.681. The first-order valence-corrected chi connectivity index (χ1v) is 11.9. The molecule has 0 aromatic heterocycles. The first-order valence-electron chi connectivity index (χ1n) is 11.9. The van der Waals surface area contributed by atoms with Crippen molar-refractivity contribution in [2.75, 3.05) is 18.5 Å². The first-order chi connectivity index (χ1) is 16.5. The van der Waals surface area contributed by atoms with Crippen LogP contribution in [0.5, 0.6) is 0 Å². The molecule has 1 heterocycles. The Bertz CT molecular complexity index is 1030. The molecule has 7 heteroatoms. The molecule has 180 valence electrons. The highest BCUT2D eigenvalue weighted by Crippen LogP contribution is 2.37. The Morgan fingerprint density at radius 3 is 2.32 bits per heavy atom. The molecule has 0 saturated heterocycles. The van der Waals surface area contributed by atoms with Crippen LogP contribution in [0.15, 0.2) is 60.2 Å². The van der Waals surface area contributed by atoms with E-state index < -0.39 is 12.0 Å². The smallest absolute Gasteiger partial charge is 0.338 e. The molecule has 0 fully saturated rings. The van der Waals surface area contributed by atoms with Crippen molar-refractivity contribution in [2.45, 2.75) is 52.5 Å². The number of unbranched alkanes of at least 4 members (excludes halogenated alkanes) is 1. The molecule has 0 saturated carbocycles. The van der Waals surface area contributed by atoms with Gasteiger partial charge in [-0.1, -0.05) is 62.7 Å². The molecule has 7 nitrogen and oxygen atoms in total. The third-order valence-corrected chi connectivity index (χ3v) is 5.60. The Labute approximate surface area is 201 Å². The predicted molar refractivity (Wildman–Crippen MR) is 133 cm³/mol. The Morgan fingerprint density at radius 2 is 1.71 bits per heavy atom. The number of nitrogens with one attached hydrogen (secondary N) is 2. The van der Waals surface area contributed by atoms with E-state index >= 15 is 0 Å². The van der Waals surface area contributed by atoms with Gasteiger partial charge in [0.05, 0.1) is 23.9 Å². The number of hydrogen-bond acceptors (Lipinski definition) is 4. The van der Waals surface area contributed by atoms with E-state index in [9.17, 15) is 14.4 Å². The molecule has 3 rings (SSSR count). The van der Waals surface area contributed by atoms with Crippen molar-refractivity contribution in [3.63, 3.8) is 0 Å². The highest BCUT2D eigenvalue weighted by atomic mass is 16.5. The molecule has 2 aromatic rings. The van der Waals surface area contributed by atoms with E-state index in [0.29, 0.717) is 29.9 Å². The lowest BCUT2D eigenvalue weighted by Crippen LogP contribution is -2.48. The summed E-state index contributed by atoms with van der Waals surface area (Å²) < 4.78 is 5.43. The van der Waals surface area contributed by atoms with Crippen LogP contribution in [0.2, 0.25) is 0 Å². The minimum Gasteiger partial charge on any atom is -0.463 e. The Hall–Kier alpha value is -3.61. The van der Waals surface area contributed by atoms with Crippen LogP contribution in [0.1, 0.15) is 63.6 Å². The zero-order valence-electron chi connectivity index (χ0n) is 20.1. The number of urea groups is 1. The zero-order chi connectivity index (χ0) is 24.5. The van der Waals surface area contributed by atoms with Crippen LogP contribution in [-0.2, 0) is 14.3 Å². The third-order valence-electron chi connectivity index (χ3n) is 5.60. The topological polar surface area (TPSA) is 87.7 Å². The largest absolute Gasteiger partial charge is 0.463 e. The highest BCUT2D eigenvalue weighted by molar-refractivity contribution is 6.04. The van der Waals surface area contributed by atoms with Gasteiger partial charge in [-0.2, -0.15) is 0 Å². The van der Waals surface area contributed by atoms with Gasteiger partial charge in [0.15, 0.2) is 0 Å². The SMILES string of the molecule is CCCCC(=O)Nc1ccc(C2NC(=O)N(CCC)C(c3ccccc3)=C2C(=O)OCC)cc1. The number of anilines is 1. The molecule has 0 aliphatic carbocycles. The van der Waals surface area contributed by atoms with Crippen LogP contribution in [0.3, 0.4) is 0 Å². The normalized spacial score (nSPS) is 15.7. The lowest BCUT2D eigenvalue weighted by Gasteiger charge is -2.36. The number of carbonyl (C=O) groups excluding carboxylic acids is 3. The number of esters is 1. The average Bonchev–Trinajstić information content (AvgIpc) is 2.84. The van der Waals surface area contributed by atoms with E-state index in [1.807, 2.05) is 56.3 Å². The summed E-state index contributed by atoms with van der Waals surface area (Å²) in [6.07, 6.45) is 3.00. The number of carbonyl (C=O) groups is 3. The van der Waals surface area contributed by atoms with Gasteiger partial charge < -0.3 is 15.4 Å². The van der Waals surface area contributed by atoms with Crippen molar-refractivity contribution in [3.05, 3.63) is 71.3 Å². The lowest BCUT2D eigenvalue weighted by atomic mass is 9.91. The van der Waals surface area contributed by atoms with E-state index in [4.69, 9.17) is 4.74 Å². The van der Waals surface area contributed by atoms with Crippen LogP contribution in [0.25, 0.3) is 5.70 Å². The molecule has 3 amide bonds. The number of amides is 3. The monoisotopic (exact) mass is 463 g/mol. The van der Waals surface area contributed by atoms with Gasteiger partial charge in [-0.3, -0.25) is 9.69 Å². The maximum atomic E-state index is 13.2. The second-order valence-electron chi connectivity index (χ2n) is 8.16. The van der Waals surface area contributed by atoms with Gasteiger partial charge in [-0.25, -0.2) is 9.59 Å². The lowest BCUT2D eigenvalue weighted by molar-refractivity contribution is -0.139. The summed E-state index contributed by atoms with van der Waals surface area (Å²) in [4.78, 5) is 40.1. The summed E-state index contributed by atoms with van der Waals surface area (Å²) in [5, 5.41) is 5.88. The third kappa shape index (κ3) is 5.84. The Kier molecular flexibility index (Phi) is 8.85. The Balaban J connectivity index is 2.04. The second-order valence-corrected chi connectivity index (χ2v) is 8.16. The molecular weight excluding hydrogens is 430 g/mol. The molecule has 0 spiro atoms. The van der Waals surface area contributed by atoms with Gasteiger partial charge in [0, 0.05) is 18.7 Å². The van der Waals surface area contributed by atoms with Gasteiger partial charge >= 0.3 is 12.0 Å². The highest BCUT2D eigenvalue weighted by Gasteiger charge is 2.38. The molecule has 1 aliphatic rings. The first kappa shape index (κ1) is 25.0. The van der Waals surface area contributed by atoms with E-state index in [-0.39, 0.29) is 18.5 Å². The number of nitrogens with zero attached hydrogens (tertiary/aromatic N) is 1. The van der Waals surface area contributed by atoms with E-state index in [2.05, 4.69) is 10.6 Å². The molecule has 1 unspecified atom stereocenters. The van der Waals surface area contributed by atoms with Gasteiger partial charge in [0.2, 0.25) is 5.91 Å². The molecule has 2 N–H and O–H groups in total. The average molecular weight is 464 g/mol. The maximum Gasteiger partial charge on any atom is 0.338 e. The van der Waals surface area contributed by atoms with Crippen molar-refractivity contribution in [2.24, 2.45) is 0 Å². The quantitative estimate of drug-likeness (QED) is 0.470. The molecule has 0 radical (unpaired) electrons. The molecule has 0 bridgehead atoms. The number of ether oxygens (including phenoxy) is 1. The number of benzene rings is 2. The molecule has 1 atom stereocenters. The van der Waals surface area contributed by atoms with Crippen molar-refractivity contribution < 1.29 is 19.1 Å². The summed E-state index contributed by atoms with van der Waals surface area (Å²) in [5.41, 5.74) is 3.13. The van der Waals surface area contributed by atoms with E-state index in [0.717, 1.165) is 30.4 Å². The van der Waals surface area contributed by atoms with Crippen molar-refractivity contribution >= 4 is 29.3 Å². The molecular formula is C27H33N3O4. The fourth-order valence-corrected chi connectivity index (χ4v) is 3.99. The van der Waals surface area contributed by atoms with Crippen LogP contribution < -0.4 is 10.6 Å². The fraction of sp³-hybridized carbons (Fsp3) is 0.370. The minimum absolute atomic E-state index is 0.0331. The Morgan fingerprint density at radius 1 is 1.00 bits per heavy atom. The zero-order valence-corrected chi connectivity index (χ0v) is 20.1. The van der Waals surface area contributed by atoms with E-state index in [1.165, 1.54) is 0 Å². The van der Waals surface area contributed by atoms with Crippen molar-refractivity contribution in [3.8, 4) is 0 Å². The standard InChI is InChI=1S/C27H33N3O4/c1-4-7-13-22(31)28-21-16-14-19(15-17-21)24-23(26(32)34-6-3)25(20-11-9-8-10-12-20)30(18-5-2)27(33)29-24/h8-12,14-17,24H,4-7,13,18H2,1-3H3,(H,28,31)(H,29,33). The second kappa shape index (κ2) is 12.0. The molecule has 34 heavy (non-hydrogen) atoms. The van der Waals surface area contributed by atoms with E-state index in [1.54, 1.807) is 24.0 Å². The molecule has 1 aliphatic heterocycles. The summed E-state index contributed by atoms with van der Waals surface area (Å²) in [6.45, 7) is 6.48. The predicted octanol–water partition coefficient (Wildman–Crippen LogP) is 5.27. The van der Waals surface area contributed by atoms with Gasteiger partial charge in [-0.05, 0) is 43.0 Å². The van der Waals surface area contributed by atoms with Crippen LogP contribution in [-0.4, -0.2) is 36.0 Å². The van der Waals surface area contributed by atoms with Crippen molar-refractivity contribution in [1.29, 1.82) is 0 Å². The number of hydrogen-bond donors (Lipinski definition) is 2. The summed E-state index contributed by atoms with van der Waals surface area (Å²) in [6, 6.07) is 15.7. The maximum absolute atomic E-state index is 13.2. The van der Waals surface area contributed by atoms with Gasteiger partial charge in [0.1, 0.15) is 0 Å². The van der Waals surface area contributed by atoms with Crippen LogP contribution >= 0.6 is 0 Å². The van der Waals surface area contributed by atoms with Gasteiger partial charge in [0.25, 0.3) is 0 Å². The summed E-state index contributed by atoms with van der Waals surface area (Å²) in [7, 11) is 0. The fourth-order valence-electron chi connectivity index (χ4n) is 3.99. The van der Waals surface area contributed by atoms with Crippen molar-refractivity contribution in [1.82, 2.24) is 10.2 Å². The van der Waals surface area contributed by atoms with Gasteiger partial charge in [-0.15, -0.1) is 0 Å². The number of rotatable bonds is 10. The van der Waals surface area contributed by atoms with Crippen LogP contribution in [0, 0.1) is 0 Å². The van der Waals surface area contributed by atoms with Crippen LogP contribution in [0.4, 0.5) is 10.5 Å². The summed E-state index contributed by atoms with van der Waals surface area (Å²) in [5.74, 6) is -0.501. The molecule has 2 aromatic carbocycles.